The molecule has 0 saturated carbocycles. The van der Waals surface area contributed by atoms with Crippen molar-refractivity contribution >= 4 is 27.5 Å². The molecule has 0 spiro atoms. The third-order valence-electron chi connectivity index (χ3n) is 3.14. The van der Waals surface area contributed by atoms with Crippen molar-refractivity contribution in [3.8, 4) is 0 Å². The lowest BCUT2D eigenvalue weighted by Crippen LogP contribution is -2.59. The van der Waals surface area contributed by atoms with Gasteiger partial charge in [0.05, 0.1) is 6.04 Å². The zero-order valence-electron chi connectivity index (χ0n) is 10.3. The van der Waals surface area contributed by atoms with E-state index in [0.29, 0.717) is 6.42 Å². The molecule has 2 rings (SSSR count). The number of aliphatic hydroxyl groups excluding tert-OH is 1. The summed E-state index contributed by atoms with van der Waals surface area (Å²) in [5, 5.41) is 12.2. The second-order valence-corrected chi connectivity index (χ2v) is 5.43. The number of amides is 1. The fraction of sp³-hybridized carbons (Fsp3) is 0.462. The molecule has 1 aromatic carbocycles. The number of anilines is 1. The fourth-order valence-corrected chi connectivity index (χ4v) is 2.63. The first-order valence-electron chi connectivity index (χ1n) is 6.06. The van der Waals surface area contributed by atoms with E-state index in [-0.39, 0.29) is 24.6 Å². The first kappa shape index (κ1) is 13.5. The van der Waals surface area contributed by atoms with Crippen LogP contribution in [0.5, 0.6) is 0 Å². The second kappa shape index (κ2) is 5.82. The quantitative estimate of drug-likeness (QED) is 0.890. The molecule has 1 saturated heterocycles. The van der Waals surface area contributed by atoms with Crippen molar-refractivity contribution in [3.63, 3.8) is 0 Å². The Kier molecular flexibility index (Phi) is 4.37. The molecule has 0 aliphatic carbocycles. The van der Waals surface area contributed by atoms with E-state index in [0.717, 1.165) is 16.7 Å². The molecule has 0 aromatic heterocycles. The molecule has 1 aliphatic heterocycles. The summed E-state index contributed by atoms with van der Waals surface area (Å²) in [5.74, 6) is 0.0286. The van der Waals surface area contributed by atoms with Crippen molar-refractivity contribution in [2.75, 3.05) is 18.1 Å². The van der Waals surface area contributed by atoms with E-state index in [9.17, 15) is 4.79 Å². The van der Waals surface area contributed by atoms with Crippen LogP contribution in [0.4, 0.5) is 5.69 Å². The van der Waals surface area contributed by atoms with Crippen LogP contribution in [-0.2, 0) is 4.79 Å². The van der Waals surface area contributed by atoms with Gasteiger partial charge in [0.1, 0.15) is 0 Å². The fourth-order valence-electron chi connectivity index (χ4n) is 2.24. The normalized spacial score (nSPS) is 24.4. The van der Waals surface area contributed by atoms with Crippen LogP contribution in [0.1, 0.15) is 13.3 Å². The van der Waals surface area contributed by atoms with Gasteiger partial charge in [-0.3, -0.25) is 4.79 Å². The van der Waals surface area contributed by atoms with Gasteiger partial charge in [0.15, 0.2) is 0 Å². The van der Waals surface area contributed by atoms with Gasteiger partial charge in [-0.2, -0.15) is 0 Å². The van der Waals surface area contributed by atoms with E-state index >= 15 is 0 Å². The zero-order chi connectivity index (χ0) is 13.1. The van der Waals surface area contributed by atoms with Crippen LogP contribution < -0.4 is 10.2 Å². The van der Waals surface area contributed by atoms with Crippen LogP contribution in [0, 0.1) is 0 Å². The maximum atomic E-state index is 12.4. The van der Waals surface area contributed by atoms with Crippen LogP contribution >= 0.6 is 15.9 Å². The van der Waals surface area contributed by atoms with Gasteiger partial charge in [0, 0.05) is 29.4 Å². The molecule has 1 aliphatic rings. The lowest BCUT2D eigenvalue weighted by molar-refractivity contribution is -0.122. The maximum Gasteiger partial charge on any atom is 0.244 e. The summed E-state index contributed by atoms with van der Waals surface area (Å²) in [6, 6.07) is 7.55. The van der Waals surface area contributed by atoms with E-state index in [2.05, 4.69) is 21.2 Å². The Morgan fingerprint density at radius 3 is 3.00 bits per heavy atom. The van der Waals surface area contributed by atoms with Gasteiger partial charge < -0.3 is 15.3 Å². The molecule has 0 radical (unpaired) electrons. The average Bonchev–Trinajstić information content (AvgIpc) is 2.33. The molecule has 2 atom stereocenters. The minimum atomic E-state index is -0.287. The Labute approximate surface area is 115 Å². The standard InChI is InChI=1S/C13H17BrN2O2/c1-9-8-15-12(5-6-17)13(18)16(9)11-4-2-3-10(14)7-11/h2-4,7,9,12,15,17H,5-6,8H2,1H3. The summed E-state index contributed by atoms with van der Waals surface area (Å²) in [5.41, 5.74) is 0.895. The number of benzene rings is 1. The minimum Gasteiger partial charge on any atom is -0.396 e. The van der Waals surface area contributed by atoms with Crippen molar-refractivity contribution in [2.45, 2.75) is 25.4 Å². The van der Waals surface area contributed by atoms with Crippen LogP contribution in [0.2, 0.25) is 0 Å². The molecular formula is C13H17BrN2O2. The van der Waals surface area contributed by atoms with Crippen molar-refractivity contribution in [1.29, 1.82) is 0 Å². The van der Waals surface area contributed by atoms with Crippen LogP contribution in [0.25, 0.3) is 0 Å². The number of carbonyl (C=O) groups excluding carboxylic acids is 1. The van der Waals surface area contributed by atoms with Crippen LogP contribution in [-0.4, -0.2) is 36.2 Å². The first-order valence-corrected chi connectivity index (χ1v) is 6.85. The van der Waals surface area contributed by atoms with E-state index < -0.39 is 0 Å². The van der Waals surface area contributed by atoms with Gasteiger partial charge in [-0.1, -0.05) is 22.0 Å². The maximum absolute atomic E-state index is 12.4. The number of hydrogen-bond acceptors (Lipinski definition) is 3. The Bertz CT molecular complexity index is 439. The molecule has 2 N–H and O–H groups in total. The Morgan fingerprint density at radius 1 is 1.56 bits per heavy atom. The third kappa shape index (κ3) is 2.74. The number of halogens is 1. The van der Waals surface area contributed by atoms with Crippen molar-refractivity contribution in [2.24, 2.45) is 0 Å². The van der Waals surface area contributed by atoms with E-state index in [1.807, 2.05) is 36.1 Å². The second-order valence-electron chi connectivity index (χ2n) is 4.51. The summed E-state index contributed by atoms with van der Waals surface area (Å²) in [4.78, 5) is 14.2. The predicted octanol–water partition coefficient (Wildman–Crippen LogP) is 1.52. The molecule has 18 heavy (non-hydrogen) atoms. The van der Waals surface area contributed by atoms with Gasteiger partial charge in [0.25, 0.3) is 0 Å². The number of aliphatic hydroxyl groups is 1. The summed E-state index contributed by atoms with van der Waals surface area (Å²) in [6.45, 7) is 2.77. The molecule has 2 unspecified atom stereocenters. The van der Waals surface area contributed by atoms with Crippen LogP contribution in [0.15, 0.2) is 28.7 Å². The highest BCUT2D eigenvalue weighted by Crippen LogP contribution is 2.24. The number of nitrogens with zero attached hydrogens (tertiary/aromatic N) is 1. The smallest absolute Gasteiger partial charge is 0.244 e. The molecule has 1 fully saturated rings. The summed E-state index contributed by atoms with van der Waals surface area (Å²) < 4.78 is 0.956. The summed E-state index contributed by atoms with van der Waals surface area (Å²) in [7, 11) is 0. The van der Waals surface area contributed by atoms with Gasteiger partial charge >= 0.3 is 0 Å². The Balaban J connectivity index is 2.26. The molecule has 1 amide bonds. The van der Waals surface area contributed by atoms with Gasteiger partial charge in [-0.05, 0) is 31.5 Å². The highest BCUT2D eigenvalue weighted by molar-refractivity contribution is 9.10. The van der Waals surface area contributed by atoms with Gasteiger partial charge in [0.2, 0.25) is 5.91 Å². The van der Waals surface area contributed by atoms with Crippen molar-refractivity contribution in [3.05, 3.63) is 28.7 Å². The van der Waals surface area contributed by atoms with Crippen molar-refractivity contribution in [1.82, 2.24) is 5.32 Å². The molecule has 5 heteroatoms. The molecule has 1 aromatic rings. The highest BCUT2D eigenvalue weighted by Gasteiger charge is 2.33. The minimum absolute atomic E-state index is 0.0180. The number of carbonyl (C=O) groups is 1. The van der Waals surface area contributed by atoms with E-state index in [1.54, 1.807) is 0 Å². The molecule has 4 nitrogen and oxygen atoms in total. The SMILES string of the molecule is CC1CNC(CCO)C(=O)N1c1cccc(Br)c1. The van der Waals surface area contributed by atoms with Crippen LogP contribution in [0.3, 0.4) is 0 Å². The van der Waals surface area contributed by atoms with E-state index in [4.69, 9.17) is 5.11 Å². The molecule has 0 bridgehead atoms. The summed E-state index contributed by atoms with van der Waals surface area (Å²) >= 11 is 3.42. The third-order valence-corrected chi connectivity index (χ3v) is 3.63. The zero-order valence-corrected chi connectivity index (χ0v) is 11.9. The number of piperazine rings is 1. The Morgan fingerprint density at radius 2 is 2.33 bits per heavy atom. The highest BCUT2D eigenvalue weighted by atomic mass is 79.9. The number of nitrogens with one attached hydrogen (secondary N) is 1. The lowest BCUT2D eigenvalue weighted by Gasteiger charge is -2.38. The first-order chi connectivity index (χ1) is 8.63. The number of hydrogen-bond donors (Lipinski definition) is 2. The molecule has 1 heterocycles. The van der Waals surface area contributed by atoms with E-state index in [1.165, 1.54) is 0 Å². The lowest BCUT2D eigenvalue weighted by atomic mass is 10.1. The van der Waals surface area contributed by atoms with Gasteiger partial charge in [-0.25, -0.2) is 0 Å². The topological polar surface area (TPSA) is 52.6 Å². The van der Waals surface area contributed by atoms with Crippen molar-refractivity contribution < 1.29 is 9.90 Å². The summed E-state index contributed by atoms with van der Waals surface area (Å²) in [6.07, 6.45) is 0.454. The Hall–Kier alpha value is -0.910. The average molecular weight is 313 g/mol. The molecular weight excluding hydrogens is 296 g/mol. The number of rotatable bonds is 3. The van der Waals surface area contributed by atoms with Gasteiger partial charge in [-0.15, -0.1) is 0 Å². The predicted molar refractivity (Wildman–Crippen MR) is 74.6 cm³/mol. The largest absolute Gasteiger partial charge is 0.396 e. The molecule has 98 valence electrons. The monoisotopic (exact) mass is 312 g/mol.